The normalized spacial score (nSPS) is 10.7. The first-order valence-corrected chi connectivity index (χ1v) is 5.59. The van der Waals surface area contributed by atoms with Gasteiger partial charge < -0.3 is 5.32 Å². The van der Waals surface area contributed by atoms with Crippen molar-refractivity contribution in [3.05, 3.63) is 47.5 Å². The number of halogens is 2. The first-order valence-electron chi connectivity index (χ1n) is 5.59. The molecule has 2 aromatic rings. The zero-order valence-electron chi connectivity index (χ0n) is 10.2. The van der Waals surface area contributed by atoms with Crippen LogP contribution in [0.5, 0.6) is 0 Å². The lowest BCUT2D eigenvalue weighted by molar-refractivity contribution is 0.0560. The van der Waals surface area contributed by atoms with E-state index in [1.807, 2.05) is 6.92 Å². The minimum atomic E-state index is -2.75. The van der Waals surface area contributed by atoms with E-state index in [4.69, 9.17) is 0 Å². The predicted molar refractivity (Wildman–Crippen MR) is 63.6 cm³/mol. The molecule has 0 radical (unpaired) electrons. The van der Waals surface area contributed by atoms with Gasteiger partial charge in [-0.1, -0.05) is 0 Å². The van der Waals surface area contributed by atoms with Crippen molar-refractivity contribution in [2.24, 2.45) is 0 Å². The summed E-state index contributed by atoms with van der Waals surface area (Å²) in [6, 6.07) is 3.04. The van der Waals surface area contributed by atoms with Gasteiger partial charge in [-0.25, -0.2) is 4.68 Å². The molecular formula is C12H12F2N4O. The van der Waals surface area contributed by atoms with E-state index in [2.05, 4.69) is 15.4 Å². The van der Waals surface area contributed by atoms with E-state index in [1.54, 1.807) is 18.5 Å². The summed E-state index contributed by atoms with van der Waals surface area (Å²) in [4.78, 5) is 15.7. The van der Waals surface area contributed by atoms with E-state index in [0.717, 1.165) is 17.3 Å². The first-order chi connectivity index (χ1) is 9.08. The molecule has 2 aromatic heterocycles. The maximum absolute atomic E-state index is 12.3. The molecule has 0 bridgehead atoms. The van der Waals surface area contributed by atoms with Crippen LogP contribution in [0.15, 0.2) is 30.7 Å². The molecule has 0 saturated carbocycles. The standard InChI is InChI=1S/C12H12F2N4O/c1-8-6-15-4-2-9(8)7-16-11(19)10-3-5-18(17-10)12(13)14/h2-6,12H,7H2,1H3,(H,16,19). The number of hydrogen-bond donors (Lipinski definition) is 1. The van der Waals surface area contributed by atoms with Gasteiger partial charge in [0.1, 0.15) is 5.69 Å². The summed E-state index contributed by atoms with van der Waals surface area (Å²) in [7, 11) is 0. The Hall–Kier alpha value is -2.31. The van der Waals surface area contributed by atoms with Crippen molar-refractivity contribution in [3.63, 3.8) is 0 Å². The molecule has 0 saturated heterocycles. The molecule has 2 rings (SSSR count). The number of alkyl halides is 2. The minimum absolute atomic E-state index is 0.0352. The Kier molecular flexibility index (Phi) is 3.84. The molecule has 0 aliphatic carbocycles. The van der Waals surface area contributed by atoms with Gasteiger partial charge in [-0.15, -0.1) is 0 Å². The Morgan fingerprint density at radius 2 is 2.26 bits per heavy atom. The van der Waals surface area contributed by atoms with Gasteiger partial charge >= 0.3 is 6.55 Å². The van der Waals surface area contributed by atoms with E-state index in [9.17, 15) is 13.6 Å². The minimum Gasteiger partial charge on any atom is -0.347 e. The van der Waals surface area contributed by atoms with Gasteiger partial charge in [-0.3, -0.25) is 9.78 Å². The molecule has 1 amide bonds. The van der Waals surface area contributed by atoms with Gasteiger partial charge in [0.2, 0.25) is 0 Å². The molecule has 0 aromatic carbocycles. The third-order valence-electron chi connectivity index (χ3n) is 2.62. The summed E-state index contributed by atoms with van der Waals surface area (Å²) in [5.41, 5.74) is 1.82. The SMILES string of the molecule is Cc1cnccc1CNC(=O)c1ccn(C(F)F)n1. The Morgan fingerprint density at radius 3 is 2.89 bits per heavy atom. The number of carbonyl (C=O) groups is 1. The molecule has 0 fully saturated rings. The smallest absolute Gasteiger partial charge is 0.333 e. The summed E-state index contributed by atoms with van der Waals surface area (Å²) >= 11 is 0. The molecule has 19 heavy (non-hydrogen) atoms. The lowest BCUT2D eigenvalue weighted by Crippen LogP contribution is -2.24. The van der Waals surface area contributed by atoms with Crippen LogP contribution in [-0.2, 0) is 6.54 Å². The van der Waals surface area contributed by atoms with Gasteiger partial charge in [0, 0.05) is 25.1 Å². The highest BCUT2D eigenvalue weighted by molar-refractivity contribution is 5.92. The van der Waals surface area contributed by atoms with Gasteiger partial charge in [0.25, 0.3) is 5.91 Å². The number of aromatic nitrogens is 3. The van der Waals surface area contributed by atoms with E-state index >= 15 is 0 Å². The Bertz CT molecular complexity index is 583. The number of amides is 1. The number of nitrogens with one attached hydrogen (secondary N) is 1. The molecular weight excluding hydrogens is 254 g/mol. The Labute approximate surface area is 108 Å². The van der Waals surface area contributed by atoms with Crippen molar-refractivity contribution in [3.8, 4) is 0 Å². The second-order valence-electron chi connectivity index (χ2n) is 3.94. The molecule has 0 spiro atoms. The van der Waals surface area contributed by atoms with Crippen LogP contribution in [-0.4, -0.2) is 20.7 Å². The summed E-state index contributed by atoms with van der Waals surface area (Å²) in [5.74, 6) is -0.490. The topological polar surface area (TPSA) is 59.8 Å². The highest BCUT2D eigenvalue weighted by atomic mass is 19.3. The lowest BCUT2D eigenvalue weighted by Gasteiger charge is -2.06. The maximum Gasteiger partial charge on any atom is 0.333 e. The summed E-state index contributed by atoms with van der Waals surface area (Å²) in [5, 5.41) is 6.11. The Morgan fingerprint density at radius 1 is 1.47 bits per heavy atom. The molecule has 2 heterocycles. The van der Waals surface area contributed by atoms with Crippen LogP contribution < -0.4 is 5.32 Å². The molecule has 0 unspecified atom stereocenters. The number of pyridine rings is 1. The molecule has 5 nitrogen and oxygen atoms in total. The van der Waals surface area contributed by atoms with Crippen LogP contribution in [0.3, 0.4) is 0 Å². The zero-order valence-corrected chi connectivity index (χ0v) is 10.2. The van der Waals surface area contributed by atoms with Crippen LogP contribution >= 0.6 is 0 Å². The van der Waals surface area contributed by atoms with E-state index in [1.165, 1.54) is 6.07 Å². The van der Waals surface area contributed by atoms with Gasteiger partial charge in [-0.05, 0) is 30.2 Å². The first kappa shape index (κ1) is 13.1. The highest BCUT2D eigenvalue weighted by Crippen LogP contribution is 2.09. The molecule has 7 heteroatoms. The average molecular weight is 266 g/mol. The van der Waals surface area contributed by atoms with Gasteiger partial charge in [-0.2, -0.15) is 13.9 Å². The molecule has 100 valence electrons. The second kappa shape index (κ2) is 5.55. The largest absolute Gasteiger partial charge is 0.347 e. The average Bonchev–Trinajstić information content (AvgIpc) is 2.87. The van der Waals surface area contributed by atoms with Crippen molar-refractivity contribution < 1.29 is 13.6 Å². The van der Waals surface area contributed by atoms with E-state index in [0.29, 0.717) is 11.2 Å². The lowest BCUT2D eigenvalue weighted by atomic mass is 10.1. The van der Waals surface area contributed by atoms with Crippen molar-refractivity contribution in [1.82, 2.24) is 20.1 Å². The molecule has 0 aliphatic rings. The fourth-order valence-electron chi connectivity index (χ4n) is 1.53. The quantitative estimate of drug-likeness (QED) is 0.919. The number of hydrogen-bond acceptors (Lipinski definition) is 3. The predicted octanol–water partition coefficient (Wildman–Crippen LogP) is 1.91. The number of nitrogens with zero attached hydrogens (tertiary/aromatic N) is 3. The van der Waals surface area contributed by atoms with Gasteiger partial charge in [0.15, 0.2) is 0 Å². The number of rotatable bonds is 4. The van der Waals surface area contributed by atoms with Gasteiger partial charge in [0.05, 0.1) is 0 Å². The summed E-state index contributed by atoms with van der Waals surface area (Å²) in [6.07, 6.45) is 4.38. The third kappa shape index (κ3) is 3.12. The van der Waals surface area contributed by atoms with Crippen LogP contribution in [0.4, 0.5) is 8.78 Å². The fourth-order valence-corrected chi connectivity index (χ4v) is 1.53. The summed E-state index contributed by atoms with van der Waals surface area (Å²) in [6.45, 7) is -0.571. The van der Waals surface area contributed by atoms with Crippen LogP contribution in [0, 0.1) is 6.92 Å². The zero-order chi connectivity index (χ0) is 13.8. The van der Waals surface area contributed by atoms with Crippen LogP contribution in [0.2, 0.25) is 0 Å². The van der Waals surface area contributed by atoms with Crippen LogP contribution in [0.1, 0.15) is 28.2 Å². The monoisotopic (exact) mass is 266 g/mol. The summed E-state index contributed by atoms with van der Waals surface area (Å²) < 4.78 is 25.1. The fraction of sp³-hybridized carbons (Fsp3) is 0.250. The molecule has 0 aliphatic heterocycles. The number of aryl methyl sites for hydroxylation is 1. The second-order valence-corrected chi connectivity index (χ2v) is 3.94. The third-order valence-corrected chi connectivity index (χ3v) is 2.62. The van der Waals surface area contributed by atoms with Crippen molar-refractivity contribution in [2.75, 3.05) is 0 Å². The number of carbonyl (C=O) groups excluding carboxylic acids is 1. The van der Waals surface area contributed by atoms with Crippen molar-refractivity contribution in [1.29, 1.82) is 0 Å². The van der Waals surface area contributed by atoms with E-state index in [-0.39, 0.29) is 5.69 Å². The van der Waals surface area contributed by atoms with Crippen molar-refractivity contribution in [2.45, 2.75) is 20.0 Å². The van der Waals surface area contributed by atoms with Crippen molar-refractivity contribution >= 4 is 5.91 Å². The molecule has 0 atom stereocenters. The van der Waals surface area contributed by atoms with Crippen LogP contribution in [0.25, 0.3) is 0 Å². The highest BCUT2D eigenvalue weighted by Gasteiger charge is 2.13. The molecule has 1 N–H and O–H groups in total. The maximum atomic E-state index is 12.3. The van der Waals surface area contributed by atoms with E-state index < -0.39 is 12.5 Å². The Balaban J connectivity index is 1.99.